The second kappa shape index (κ2) is 4.97. The molecule has 0 fully saturated rings. The van der Waals surface area contributed by atoms with Crippen molar-refractivity contribution in [1.29, 1.82) is 0 Å². The molecule has 0 atom stereocenters. The maximum atomic E-state index is 11.5. The Labute approximate surface area is 94.9 Å². The molecule has 0 aliphatic carbocycles. The van der Waals surface area contributed by atoms with Gasteiger partial charge in [0, 0.05) is 0 Å². The number of hydrogen-bond acceptors (Lipinski definition) is 2. The van der Waals surface area contributed by atoms with E-state index in [-0.39, 0.29) is 5.63 Å². The van der Waals surface area contributed by atoms with Crippen molar-refractivity contribution < 1.29 is 4.42 Å². The first-order chi connectivity index (χ1) is 7.83. The average Bonchev–Trinajstić information content (AvgIpc) is 2.33. The Bertz CT molecular complexity index is 525. The van der Waals surface area contributed by atoms with Crippen molar-refractivity contribution in [3.8, 4) is 0 Å². The molecule has 2 nitrogen and oxygen atoms in total. The Morgan fingerprint density at radius 3 is 2.62 bits per heavy atom. The third-order valence-electron chi connectivity index (χ3n) is 2.85. The van der Waals surface area contributed by atoms with Crippen LogP contribution in [0.2, 0.25) is 0 Å². The van der Waals surface area contributed by atoms with E-state index >= 15 is 0 Å². The third kappa shape index (κ3) is 2.16. The van der Waals surface area contributed by atoms with E-state index < -0.39 is 0 Å². The monoisotopic (exact) mass is 216 g/mol. The molecule has 0 amide bonds. The molecule has 0 spiro atoms. The van der Waals surface area contributed by atoms with E-state index in [0.717, 1.165) is 23.8 Å². The fourth-order valence-corrected chi connectivity index (χ4v) is 1.95. The molecule has 16 heavy (non-hydrogen) atoms. The largest absolute Gasteiger partial charge is 0.431 e. The molecule has 1 aromatic heterocycles. The summed E-state index contributed by atoms with van der Waals surface area (Å²) in [4.78, 5) is 11.5. The van der Waals surface area contributed by atoms with Crippen LogP contribution in [0.4, 0.5) is 0 Å². The van der Waals surface area contributed by atoms with Gasteiger partial charge >= 0.3 is 5.63 Å². The summed E-state index contributed by atoms with van der Waals surface area (Å²) in [6.07, 6.45) is 6.16. The lowest BCUT2D eigenvalue weighted by molar-refractivity contribution is 0.511. The Balaban J connectivity index is 2.38. The van der Waals surface area contributed by atoms with Crippen molar-refractivity contribution in [2.24, 2.45) is 0 Å². The lowest BCUT2D eigenvalue weighted by Gasteiger charge is -2.04. The number of benzene rings is 1. The lowest BCUT2D eigenvalue weighted by atomic mass is 10.0. The average molecular weight is 216 g/mol. The van der Waals surface area contributed by atoms with Gasteiger partial charge in [-0.3, -0.25) is 0 Å². The Morgan fingerprint density at radius 1 is 1.12 bits per heavy atom. The fraction of sp³-hybridized carbons (Fsp3) is 0.357. The molecule has 0 bridgehead atoms. The van der Waals surface area contributed by atoms with Crippen LogP contribution in [-0.2, 0) is 6.42 Å². The van der Waals surface area contributed by atoms with E-state index in [9.17, 15) is 4.79 Å². The SMILES string of the molecule is CCCCCc1coc(=O)c2ccccc12. The summed E-state index contributed by atoms with van der Waals surface area (Å²) in [6.45, 7) is 2.18. The normalized spacial score (nSPS) is 10.8. The van der Waals surface area contributed by atoms with Gasteiger partial charge in [-0.1, -0.05) is 38.0 Å². The standard InChI is InChI=1S/C14H16O2/c1-2-3-4-7-11-10-16-14(15)13-9-6-5-8-12(11)13/h5-6,8-10H,2-4,7H2,1H3. The van der Waals surface area contributed by atoms with E-state index in [1.165, 1.54) is 12.8 Å². The fourth-order valence-electron chi connectivity index (χ4n) is 1.95. The van der Waals surface area contributed by atoms with Crippen LogP contribution in [0, 0.1) is 0 Å². The second-order valence-electron chi connectivity index (χ2n) is 4.05. The molecule has 0 unspecified atom stereocenters. The highest BCUT2D eigenvalue weighted by Crippen LogP contribution is 2.17. The van der Waals surface area contributed by atoms with Crippen LogP contribution in [0.3, 0.4) is 0 Å². The Morgan fingerprint density at radius 2 is 1.88 bits per heavy atom. The number of fused-ring (bicyclic) bond motifs is 1. The van der Waals surface area contributed by atoms with Crippen molar-refractivity contribution in [3.63, 3.8) is 0 Å². The van der Waals surface area contributed by atoms with Crippen molar-refractivity contribution in [2.75, 3.05) is 0 Å². The van der Waals surface area contributed by atoms with Crippen molar-refractivity contribution in [2.45, 2.75) is 32.6 Å². The summed E-state index contributed by atoms with van der Waals surface area (Å²) in [6, 6.07) is 7.65. The predicted octanol–water partition coefficient (Wildman–Crippen LogP) is 3.53. The van der Waals surface area contributed by atoms with E-state index in [0.29, 0.717) is 5.39 Å². The third-order valence-corrected chi connectivity index (χ3v) is 2.85. The summed E-state index contributed by atoms with van der Waals surface area (Å²) in [5.41, 5.74) is 0.901. The van der Waals surface area contributed by atoms with Gasteiger partial charge in [0.15, 0.2) is 0 Å². The molecule has 0 saturated heterocycles. The molecule has 1 aromatic carbocycles. The minimum absolute atomic E-state index is 0.241. The minimum atomic E-state index is -0.241. The molecule has 1 heterocycles. The van der Waals surface area contributed by atoms with Crippen LogP contribution in [0.15, 0.2) is 39.7 Å². The van der Waals surface area contributed by atoms with Crippen molar-refractivity contribution in [1.82, 2.24) is 0 Å². The predicted molar refractivity (Wildman–Crippen MR) is 65.7 cm³/mol. The molecule has 0 N–H and O–H groups in total. The number of rotatable bonds is 4. The molecule has 2 heteroatoms. The Kier molecular flexibility index (Phi) is 3.40. The van der Waals surface area contributed by atoms with Gasteiger partial charge in [-0.05, 0) is 29.9 Å². The molecular formula is C14H16O2. The minimum Gasteiger partial charge on any atom is -0.431 e. The number of hydrogen-bond donors (Lipinski definition) is 0. The van der Waals surface area contributed by atoms with Crippen LogP contribution >= 0.6 is 0 Å². The maximum Gasteiger partial charge on any atom is 0.343 e. The highest BCUT2D eigenvalue weighted by Gasteiger charge is 2.04. The van der Waals surface area contributed by atoms with Gasteiger partial charge in [-0.2, -0.15) is 0 Å². The summed E-state index contributed by atoms with van der Waals surface area (Å²) < 4.78 is 5.05. The molecule has 2 rings (SSSR count). The van der Waals surface area contributed by atoms with Gasteiger partial charge in [0.25, 0.3) is 0 Å². The van der Waals surface area contributed by atoms with Gasteiger partial charge in [0.2, 0.25) is 0 Å². The molecule has 0 aliphatic heterocycles. The zero-order chi connectivity index (χ0) is 11.4. The summed E-state index contributed by atoms with van der Waals surface area (Å²) >= 11 is 0. The molecule has 0 saturated carbocycles. The van der Waals surface area contributed by atoms with Crippen LogP contribution in [0.25, 0.3) is 10.8 Å². The number of aryl methyl sites for hydroxylation is 1. The molecule has 84 valence electrons. The zero-order valence-corrected chi connectivity index (χ0v) is 9.53. The van der Waals surface area contributed by atoms with Crippen LogP contribution in [-0.4, -0.2) is 0 Å². The van der Waals surface area contributed by atoms with Gasteiger partial charge in [-0.25, -0.2) is 4.79 Å². The van der Waals surface area contributed by atoms with E-state index in [4.69, 9.17) is 4.42 Å². The summed E-state index contributed by atoms with van der Waals surface area (Å²) in [7, 11) is 0. The quantitative estimate of drug-likeness (QED) is 0.732. The van der Waals surface area contributed by atoms with Gasteiger partial charge in [-0.15, -0.1) is 0 Å². The van der Waals surface area contributed by atoms with Gasteiger partial charge in [0.1, 0.15) is 0 Å². The highest BCUT2D eigenvalue weighted by molar-refractivity contribution is 5.83. The lowest BCUT2D eigenvalue weighted by Crippen LogP contribution is -2.01. The van der Waals surface area contributed by atoms with Gasteiger partial charge < -0.3 is 4.42 Å². The number of unbranched alkanes of at least 4 members (excludes halogenated alkanes) is 2. The molecular weight excluding hydrogens is 200 g/mol. The van der Waals surface area contributed by atoms with Crippen LogP contribution in [0.5, 0.6) is 0 Å². The summed E-state index contributed by atoms with van der Waals surface area (Å²) in [5.74, 6) is 0. The highest BCUT2D eigenvalue weighted by atomic mass is 16.4. The Hall–Kier alpha value is -1.57. The van der Waals surface area contributed by atoms with E-state index in [2.05, 4.69) is 6.92 Å². The van der Waals surface area contributed by atoms with Crippen molar-refractivity contribution >= 4 is 10.8 Å². The first-order valence-electron chi connectivity index (χ1n) is 5.82. The smallest absolute Gasteiger partial charge is 0.343 e. The van der Waals surface area contributed by atoms with E-state index in [1.807, 2.05) is 24.3 Å². The zero-order valence-electron chi connectivity index (χ0n) is 9.53. The second-order valence-corrected chi connectivity index (χ2v) is 4.05. The molecule has 0 radical (unpaired) electrons. The first kappa shape index (κ1) is 10.9. The van der Waals surface area contributed by atoms with Crippen molar-refractivity contribution in [3.05, 3.63) is 46.5 Å². The summed E-state index contributed by atoms with van der Waals surface area (Å²) in [5, 5.41) is 1.73. The van der Waals surface area contributed by atoms with Gasteiger partial charge in [0.05, 0.1) is 11.6 Å². The topological polar surface area (TPSA) is 30.2 Å². The van der Waals surface area contributed by atoms with E-state index in [1.54, 1.807) is 6.26 Å². The van der Waals surface area contributed by atoms with Crippen LogP contribution < -0.4 is 5.63 Å². The molecule has 2 aromatic rings. The molecule has 0 aliphatic rings. The maximum absolute atomic E-state index is 11.5. The first-order valence-corrected chi connectivity index (χ1v) is 5.82. The van der Waals surface area contributed by atoms with Crippen LogP contribution in [0.1, 0.15) is 31.7 Å².